The van der Waals surface area contributed by atoms with Gasteiger partial charge in [-0.25, -0.2) is 8.42 Å². The summed E-state index contributed by atoms with van der Waals surface area (Å²) in [5.74, 6) is 0. The number of fused-ring (bicyclic) bond motifs is 1. The number of hydrogen-bond donors (Lipinski definition) is 1. The summed E-state index contributed by atoms with van der Waals surface area (Å²) in [6, 6.07) is 5.60. The van der Waals surface area contributed by atoms with Gasteiger partial charge in [0.2, 0.25) is 10.0 Å². The number of nitrogens with one attached hydrogen (secondary N) is 1. The van der Waals surface area contributed by atoms with Crippen LogP contribution < -0.4 is 5.32 Å². The first kappa shape index (κ1) is 15.0. The Morgan fingerprint density at radius 1 is 1.38 bits per heavy atom. The van der Waals surface area contributed by atoms with E-state index in [0.717, 1.165) is 43.5 Å². The Balaban J connectivity index is 1.95. The predicted octanol–water partition coefficient (Wildman–Crippen LogP) is 1.13. The lowest BCUT2D eigenvalue weighted by molar-refractivity contribution is 0.0571. The molecule has 2 aliphatic rings. The van der Waals surface area contributed by atoms with Crippen LogP contribution in [-0.4, -0.2) is 45.6 Å². The molecule has 2 aliphatic heterocycles. The van der Waals surface area contributed by atoms with Crippen LogP contribution in [0.4, 0.5) is 0 Å². The molecule has 1 N–H and O–H groups in total. The molecule has 0 radical (unpaired) electrons. The fourth-order valence-electron chi connectivity index (χ4n) is 3.19. The normalized spacial score (nSPS) is 23.8. The second kappa shape index (κ2) is 6.04. The van der Waals surface area contributed by atoms with Gasteiger partial charge in [0.25, 0.3) is 0 Å². The monoisotopic (exact) mass is 310 g/mol. The average Bonchev–Trinajstić information content (AvgIpc) is 2.54. The van der Waals surface area contributed by atoms with Gasteiger partial charge in [-0.3, -0.25) is 0 Å². The van der Waals surface area contributed by atoms with Crippen LogP contribution in [0.2, 0.25) is 0 Å². The molecule has 2 heterocycles. The van der Waals surface area contributed by atoms with Crippen LogP contribution in [0.15, 0.2) is 23.1 Å². The zero-order valence-electron chi connectivity index (χ0n) is 12.3. The van der Waals surface area contributed by atoms with E-state index in [1.54, 1.807) is 17.5 Å². The van der Waals surface area contributed by atoms with Gasteiger partial charge in [0.05, 0.1) is 11.0 Å². The van der Waals surface area contributed by atoms with E-state index >= 15 is 0 Å². The molecule has 0 aliphatic carbocycles. The Bertz CT molecular complexity index is 615. The first-order valence-corrected chi connectivity index (χ1v) is 8.91. The van der Waals surface area contributed by atoms with Crippen molar-refractivity contribution in [1.82, 2.24) is 9.62 Å². The molecule has 0 spiro atoms. The molecular weight excluding hydrogens is 288 g/mol. The van der Waals surface area contributed by atoms with Gasteiger partial charge >= 0.3 is 0 Å². The van der Waals surface area contributed by atoms with Crippen LogP contribution in [0.5, 0.6) is 0 Å². The van der Waals surface area contributed by atoms with E-state index in [9.17, 15) is 8.42 Å². The van der Waals surface area contributed by atoms with E-state index in [4.69, 9.17) is 4.74 Å². The molecule has 5 nitrogen and oxygen atoms in total. The van der Waals surface area contributed by atoms with Crippen molar-refractivity contribution >= 4 is 10.0 Å². The fraction of sp³-hybridized carbons (Fsp3) is 0.600. The highest BCUT2D eigenvalue weighted by Gasteiger charge is 2.32. The summed E-state index contributed by atoms with van der Waals surface area (Å²) in [4.78, 5) is 0.484. The van der Waals surface area contributed by atoms with Crippen molar-refractivity contribution in [2.24, 2.45) is 0 Å². The molecule has 0 bridgehead atoms. The zero-order chi connectivity index (χ0) is 14.9. The van der Waals surface area contributed by atoms with Crippen molar-refractivity contribution in [1.29, 1.82) is 0 Å². The van der Waals surface area contributed by atoms with Crippen LogP contribution in [0.25, 0.3) is 0 Å². The first-order valence-electron chi connectivity index (χ1n) is 7.47. The van der Waals surface area contributed by atoms with Gasteiger partial charge in [0, 0.05) is 26.7 Å². The van der Waals surface area contributed by atoms with Gasteiger partial charge in [-0.2, -0.15) is 4.31 Å². The molecule has 1 saturated heterocycles. The topological polar surface area (TPSA) is 58.6 Å². The molecule has 116 valence electrons. The summed E-state index contributed by atoms with van der Waals surface area (Å²) < 4.78 is 32.9. The summed E-state index contributed by atoms with van der Waals surface area (Å²) in [5.41, 5.74) is 2.08. The van der Waals surface area contributed by atoms with Crippen molar-refractivity contribution in [3.05, 3.63) is 29.3 Å². The summed E-state index contributed by atoms with van der Waals surface area (Å²) in [6.07, 6.45) is 2.56. The Morgan fingerprint density at radius 3 is 3.05 bits per heavy atom. The highest BCUT2D eigenvalue weighted by Crippen LogP contribution is 2.27. The van der Waals surface area contributed by atoms with Gasteiger partial charge < -0.3 is 10.1 Å². The van der Waals surface area contributed by atoms with E-state index in [0.29, 0.717) is 18.0 Å². The summed E-state index contributed by atoms with van der Waals surface area (Å²) in [6.45, 7) is 2.63. The molecule has 1 aromatic carbocycles. The van der Waals surface area contributed by atoms with Gasteiger partial charge in [0.1, 0.15) is 0 Å². The molecule has 1 aromatic rings. The minimum atomic E-state index is -3.42. The third kappa shape index (κ3) is 2.85. The third-order valence-corrected chi connectivity index (χ3v) is 6.34. The van der Waals surface area contributed by atoms with Crippen molar-refractivity contribution in [3.8, 4) is 0 Å². The molecular formula is C15H22N2O3S. The Morgan fingerprint density at radius 2 is 2.24 bits per heavy atom. The maximum atomic E-state index is 13.0. The number of ether oxygens (including phenoxy) is 1. The van der Waals surface area contributed by atoms with Crippen molar-refractivity contribution in [2.45, 2.75) is 36.8 Å². The lowest BCUT2D eigenvalue weighted by Crippen LogP contribution is -2.43. The molecule has 0 saturated carbocycles. The largest absolute Gasteiger partial charge is 0.380 e. The Hall–Kier alpha value is -0.950. The van der Waals surface area contributed by atoms with Crippen molar-refractivity contribution in [3.63, 3.8) is 0 Å². The van der Waals surface area contributed by atoms with Gasteiger partial charge in [-0.1, -0.05) is 12.1 Å². The van der Waals surface area contributed by atoms with Crippen molar-refractivity contribution < 1.29 is 13.2 Å². The second-order valence-corrected chi connectivity index (χ2v) is 7.59. The zero-order valence-corrected chi connectivity index (χ0v) is 13.2. The number of piperidine rings is 1. The first-order chi connectivity index (χ1) is 10.1. The van der Waals surface area contributed by atoms with Crippen LogP contribution in [0.1, 0.15) is 24.0 Å². The summed E-state index contributed by atoms with van der Waals surface area (Å²) in [5, 5.41) is 3.29. The maximum Gasteiger partial charge on any atom is 0.243 e. The minimum Gasteiger partial charge on any atom is -0.380 e. The molecule has 21 heavy (non-hydrogen) atoms. The lowest BCUT2D eigenvalue weighted by Gasteiger charge is -2.32. The molecule has 0 amide bonds. The van der Waals surface area contributed by atoms with Gasteiger partial charge in [0.15, 0.2) is 0 Å². The van der Waals surface area contributed by atoms with Crippen LogP contribution in [0, 0.1) is 0 Å². The van der Waals surface area contributed by atoms with E-state index in [1.165, 1.54) is 0 Å². The molecule has 1 atom stereocenters. The number of sulfonamides is 1. The number of rotatable bonds is 3. The number of nitrogens with zero attached hydrogens (tertiary/aromatic N) is 1. The minimum absolute atomic E-state index is 0.00901. The Kier molecular flexibility index (Phi) is 4.31. The SMILES string of the molecule is COC1CCCN(S(=O)(=O)c2cccc3c2CCNC3)C1. The Labute approximate surface area is 126 Å². The quantitative estimate of drug-likeness (QED) is 0.909. The lowest BCUT2D eigenvalue weighted by atomic mass is 10.0. The number of methoxy groups -OCH3 is 1. The van der Waals surface area contributed by atoms with E-state index < -0.39 is 10.0 Å². The molecule has 0 aromatic heterocycles. The fourth-order valence-corrected chi connectivity index (χ4v) is 5.00. The number of benzene rings is 1. The summed E-state index contributed by atoms with van der Waals surface area (Å²) >= 11 is 0. The highest BCUT2D eigenvalue weighted by atomic mass is 32.2. The standard InChI is InChI=1S/C15H22N2O3S/c1-20-13-5-3-9-17(11-13)21(18,19)15-6-2-4-12-10-16-8-7-14(12)15/h2,4,6,13,16H,3,5,7-11H2,1H3. The highest BCUT2D eigenvalue weighted by molar-refractivity contribution is 7.89. The van der Waals surface area contributed by atoms with Crippen LogP contribution in [-0.2, 0) is 27.7 Å². The summed E-state index contributed by atoms with van der Waals surface area (Å²) in [7, 11) is -1.77. The molecule has 3 rings (SSSR count). The third-order valence-electron chi connectivity index (χ3n) is 4.39. The smallest absolute Gasteiger partial charge is 0.243 e. The predicted molar refractivity (Wildman–Crippen MR) is 80.6 cm³/mol. The van der Waals surface area contributed by atoms with Crippen LogP contribution >= 0.6 is 0 Å². The molecule has 6 heteroatoms. The molecule has 1 unspecified atom stereocenters. The van der Waals surface area contributed by atoms with E-state index in [2.05, 4.69) is 5.32 Å². The van der Waals surface area contributed by atoms with Crippen molar-refractivity contribution in [2.75, 3.05) is 26.7 Å². The van der Waals surface area contributed by atoms with E-state index in [1.807, 2.05) is 12.1 Å². The van der Waals surface area contributed by atoms with Gasteiger partial charge in [-0.05, 0) is 43.0 Å². The molecule has 1 fully saturated rings. The average molecular weight is 310 g/mol. The van der Waals surface area contributed by atoms with E-state index in [-0.39, 0.29) is 6.10 Å². The number of hydrogen-bond acceptors (Lipinski definition) is 4. The van der Waals surface area contributed by atoms with Gasteiger partial charge in [-0.15, -0.1) is 0 Å². The van der Waals surface area contributed by atoms with Crippen LogP contribution in [0.3, 0.4) is 0 Å². The second-order valence-electron chi connectivity index (χ2n) is 5.68. The maximum absolute atomic E-state index is 13.0.